The van der Waals surface area contributed by atoms with E-state index in [1.807, 2.05) is 0 Å². The van der Waals surface area contributed by atoms with Crippen LogP contribution in [0.25, 0.3) is 0 Å². The topological polar surface area (TPSA) is 95.9 Å². The molecule has 0 bridgehead atoms. The summed E-state index contributed by atoms with van der Waals surface area (Å²) in [4.78, 5) is 24.4. The van der Waals surface area contributed by atoms with Crippen LogP contribution < -0.4 is 5.32 Å². The van der Waals surface area contributed by atoms with Crippen molar-refractivity contribution in [1.29, 1.82) is 0 Å². The van der Waals surface area contributed by atoms with Crippen molar-refractivity contribution >= 4 is 11.9 Å². The smallest absolute Gasteiger partial charge is 0.305 e. The molecule has 0 spiro atoms. The quantitative estimate of drug-likeness (QED) is 0.0419. The van der Waals surface area contributed by atoms with Crippen LogP contribution in [-0.4, -0.2) is 47.4 Å². The van der Waals surface area contributed by atoms with Crippen molar-refractivity contribution in [2.24, 2.45) is 0 Å². The molecule has 0 rings (SSSR count). The predicted octanol–water partition coefficient (Wildman–Crippen LogP) is 16.0. The average molecular weight is 836 g/mol. The van der Waals surface area contributed by atoms with E-state index >= 15 is 0 Å². The molecule has 3 N–H and O–H groups in total. The lowest BCUT2D eigenvalue weighted by Gasteiger charge is -2.22. The molecule has 0 heterocycles. The van der Waals surface area contributed by atoms with Crippen LogP contribution in [-0.2, 0) is 14.3 Å². The molecule has 6 nitrogen and oxygen atoms in total. The summed E-state index contributed by atoms with van der Waals surface area (Å²) in [5.74, 6) is -0.0274. The summed E-state index contributed by atoms with van der Waals surface area (Å²) in [7, 11) is 0. The Hall–Kier alpha value is -1.14. The first-order chi connectivity index (χ1) is 29.0. The monoisotopic (exact) mass is 836 g/mol. The number of ether oxygens (including phenoxy) is 1. The van der Waals surface area contributed by atoms with Crippen LogP contribution in [0.15, 0.2) is 0 Å². The third-order valence-electron chi connectivity index (χ3n) is 12.7. The molecule has 0 aromatic rings. The summed E-state index contributed by atoms with van der Waals surface area (Å²) in [6.07, 6.45) is 55.2. The molecule has 6 heteroatoms. The second-order valence-corrected chi connectivity index (χ2v) is 18.6. The van der Waals surface area contributed by atoms with Gasteiger partial charge in [-0.15, -0.1) is 0 Å². The lowest BCUT2D eigenvalue weighted by atomic mass is 10.0. The molecule has 2 atom stereocenters. The van der Waals surface area contributed by atoms with Gasteiger partial charge >= 0.3 is 5.97 Å². The third-order valence-corrected chi connectivity index (χ3v) is 12.7. The number of aliphatic hydroxyl groups excluding tert-OH is 2. The number of esters is 1. The van der Waals surface area contributed by atoms with E-state index in [4.69, 9.17) is 4.74 Å². The van der Waals surface area contributed by atoms with Crippen molar-refractivity contribution in [2.75, 3.05) is 13.2 Å². The lowest BCUT2D eigenvalue weighted by molar-refractivity contribution is -0.143. The van der Waals surface area contributed by atoms with Gasteiger partial charge in [0.2, 0.25) is 5.91 Å². The second kappa shape index (κ2) is 49.5. The summed E-state index contributed by atoms with van der Waals surface area (Å²) in [6.45, 7) is 4.94. The predicted molar refractivity (Wildman–Crippen MR) is 255 cm³/mol. The first-order valence-corrected chi connectivity index (χ1v) is 26.8. The summed E-state index contributed by atoms with van der Waals surface area (Å²) >= 11 is 0. The lowest BCUT2D eigenvalue weighted by Crippen LogP contribution is -2.45. The first-order valence-electron chi connectivity index (χ1n) is 26.8. The Balaban J connectivity index is 3.35. The summed E-state index contributed by atoms with van der Waals surface area (Å²) < 4.78 is 5.47. The van der Waals surface area contributed by atoms with Crippen molar-refractivity contribution in [2.45, 2.75) is 315 Å². The van der Waals surface area contributed by atoms with Gasteiger partial charge in [-0.3, -0.25) is 9.59 Å². The minimum Gasteiger partial charge on any atom is -0.466 e. The van der Waals surface area contributed by atoms with E-state index in [9.17, 15) is 19.8 Å². The van der Waals surface area contributed by atoms with Gasteiger partial charge in [0.25, 0.3) is 0 Å². The van der Waals surface area contributed by atoms with Gasteiger partial charge in [0.1, 0.15) is 0 Å². The highest BCUT2D eigenvalue weighted by Crippen LogP contribution is 2.17. The highest BCUT2D eigenvalue weighted by molar-refractivity contribution is 5.76. The number of carbonyl (C=O) groups excluding carboxylic acids is 2. The van der Waals surface area contributed by atoms with Crippen LogP contribution in [0, 0.1) is 0 Å². The molecule has 1 amide bonds. The zero-order valence-electron chi connectivity index (χ0n) is 40.0. The van der Waals surface area contributed by atoms with E-state index in [2.05, 4.69) is 19.2 Å². The SMILES string of the molecule is CCCCCCCCCCCCCCCCC(=O)OCCCCCCCCCCCCCCCCCCCCCC(=O)NC(CO)C(O)CCCCCCCCCCC. The molecular formula is C53H105NO5. The number of aliphatic hydroxyl groups is 2. The van der Waals surface area contributed by atoms with Crippen LogP contribution in [0.3, 0.4) is 0 Å². The maximum absolute atomic E-state index is 12.4. The van der Waals surface area contributed by atoms with Crippen LogP contribution in [0.4, 0.5) is 0 Å². The minimum atomic E-state index is -0.662. The fourth-order valence-electron chi connectivity index (χ4n) is 8.52. The first kappa shape index (κ1) is 57.9. The largest absolute Gasteiger partial charge is 0.466 e. The zero-order chi connectivity index (χ0) is 43.0. The average Bonchev–Trinajstić information content (AvgIpc) is 3.24. The molecule has 59 heavy (non-hydrogen) atoms. The van der Waals surface area contributed by atoms with Crippen LogP contribution >= 0.6 is 0 Å². The van der Waals surface area contributed by atoms with Gasteiger partial charge in [0.15, 0.2) is 0 Å². The highest BCUT2D eigenvalue weighted by atomic mass is 16.5. The van der Waals surface area contributed by atoms with Crippen LogP contribution in [0.5, 0.6) is 0 Å². The molecule has 0 aromatic carbocycles. The van der Waals surface area contributed by atoms with E-state index < -0.39 is 12.1 Å². The fraction of sp³-hybridized carbons (Fsp3) is 0.962. The summed E-state index contributed by atoms with van der Waals surface area (Å²) in [5, 5.41) is 23.1. The number of carbonyl (C=O) groups is 2. The van der Waals surface area contributed by atoms with Crippen LogP contribution in [0.2, 0.25) is 0 Å². The number of rotatable bonds is 50. The molecule has 0 saturated carbocycles. The number of hydrogen-bond donors (Lipinski definition) is 3. The number of unbranched alkanes of at least 4 members (excludes halogenated alkanes) is 39. The van der Waals surface area contributed by atoms with E-state index in [1.54, 1.807) is 0 Å². The Morgan fingerprint density at radius 2 is 0.695 bits per heavy atom. The van der Waals surface area contributed by atoms with E-state index in [0.717, 1.165) is 38.5 Å². The molecule has 0 aliphatic heterocycles. The fourth-order valence-corrected chi connectivity index (χ4v) is 8.52. The van der Waals surface area contributed by atoms with Gasteiger partial charge in [-0.05, 0) is 25.7 Å². The number of hydrogen-bond acceptors (Lipinski definition) is 5. The van der Waals surface area contributed by atoms with Gasteiger partial charge in [0.05, 0.1) is 25.4 Å². The van der Waals surface area contributed by atoms with Crippen molar-refractivity contribution in [1.82, 2.24) is 5.32 Å². The zero-order valence-corrected chi connectivity index (χ0v) is 40.0. The van der Waals surface area contributed by atoms with Gasteiger partial charge in [-0.2, -0.15) is 0 Å². The molecule has 352 valence electrons. The Morgan fingerprint density at radius 3 is 1.03 bits per heavy atom. The minimum absolute atomic E-state index is 0.0116. The Bertz CT molecular complexity index is 837. The van der Waals surface area contributed by atoms with E-state index in [-0.39, 0.29) is 18.5 Å². The molecule has 0 saturated heterocycles. The third kappa shape index (κ3) is 46.2. The molecule has 0 radical (unpaired) electrons. The van der Waals surface area contributed by atoms with Crippen LogP contribution in [0.1, 0.15) is 303 Å². The number of nitrogens with one attached hydrogen (secondary N) is 1. The molecule has 0 fully saturated rings. The van der Waals surface area contributed by atoms with E-state index in [1.165, 1.54) is 231 Å². The molecular weight excluding hydrogens is 731 g/mol. The number of amides is 1. The highest BCUT2D eigenvalue weighted by Gasteiger charge is 2.20. The molecule has 2 unspecified atom stereocenters. The van der Waals surface area contributed by atoms with Gasteiger partial charge < -0.3 is 20.3 Å². The van der Waals surface area contributed by atoms with E-state index in [0.29, 0.717) is 25.9 Å². The van der Waals surface area contributed by atoms with Crippen molar-refractivity contribution in [3.63, 3.8) is 0 Å². The van der Waals surface area contributed by atoms with Crippen molar-refractivity contribution in [3.05, 3.63) is 0 Å². The Labute approximate surface area is 368 Å². The molecule has 0 aliphatic carbocycles. The maximum Gasteiger partial charge on any atom is 0.305 e. The van der Waals surface area contributed by atoms with Gasteiger partial charge in [0, 0.05) is 12.8 Å². The van der Waals surface area contributed by atoms with Gasteiger partial charge in [-0.25, -0.2) is 0 Å². The standard InChI is InChI=1S/C53H105NO5/c1-3-5-7-9-11-13-14-15-24-27-31-35-39-43-47-53(58)59-48-44-40-36-32-28-25-22-20-18-16-17-19-21-23-26-30-34-38-42-46-52(57)54-50(49-55)51(56)45-41-37-33-29-12-10-8-6-4-2/h50-51,55-56H,3-49H2,1-2H3,(H,54,57). The molecule has 0 aromatic heterocycles. The second-order valence-electron chi connectivity index (χ2n) is 18.6. The normalized spacial score (nSPS) is 12.5. The van der Waals surface area contributed by atoms with Crippen molar-refractivity contribution < 1.29 is 24.5 Å². The Morgan fingerprint density at radius 1 is 0.407 bits per heavy atom. The van der Waals surface area contributed by atoms with Crippen molar-refractivity contribution in [3.8, 4) is 0 Å². The summed E-state index contributed by atoms with van der Waals surface area (Å²) in [6, 6.07) is -0.540. The Kier molecular flexibility index (Phi) is 48.6. The summed E-state index contributed by atoms with van der Waals surface area (Å²) in [5.41, 5.74) is 0. The maximum atomic E-state index is 12.4. The molecule has 0 aliphatic rings. The van der Waals surface area contributed by atoms with Gasteiger partial charge in [-0.1, -0.05) is 264 Å².